The van der Waals surface area contributed by atoms with E-state index in [1.807, 2.05) is 31.2 Å². The minimum atomic E-state index is -0.0587. The Balaban J connectivity index is 2.46. The number of hydrazine groups is 1. The lowest BCUT2D eigenvalue weighted by atomic mass is 10.1. The van der Waals surface area contributed by atoms with Crippen LogP contribution in [-0.2, 0) is 0 Å². The number of pyridine rings is 1. The van der Waals surface area contributed by atoms with Crippen LogP contribution in [0, 0.1) is 0 Å². The van der Waals surface area contributed by atoms with E-state index in [2.05, 4.69) is 17.3 Å². The molecule has 0 saturated heterocycles. The molecule has 2 aromatic rings. The van der Waals surface area contributed by atoms with E-state index >= 15 is 0 Å². The highest BCUT2D eigenvalue weighted by molar-refractivity contribution is 5.99. The summed E-state index contributed by atoms with van der Waals surface area (Å²) < 4.78 is 0. The average molecular weight is 272 g/mol. The van der Waals surface area contributed by atoms with E-state index in [1.165, 1.54) is 0 Å². The zero-order chi connectivity index (χ0) is 14.5. The summed E-state index contributed by atoms with van der Waals surface area (Å²) in [5.74, 6) is 5.49. The lowest BCUT2D eigenvalue weighted by Gasteiger charge is -2.20. The Bertz CT molecular complexity index is 612. The average Bonchev–Trinajstić information content (AvgIpc) is 2.50. The van der Waals surface area contributed by atoms with Crippen LogP contribution in [0.25, 0.3) is 10.9 Å². The number of fused-ring (bicyclic) bond motifs is 1. The number of para-hydroxylation sites is 1. The van der Waals surface area contributed by atoms with Crippen LogP contribution in [0.2, 0.25) is 0 Å². The van der Waals surface area contributed by atoms with Crippen molar-refractivity contribution >= 4 is 22.5 Å². The number of nitrogens with two attached hydrogens (primary N) is 1. The Hall–Kier alpha value is -2.14. The summed E-state index contributed by atoms with van der Waals surface area (Å²) in [6, 6.07) is 9.33. The van der Waals surface area contributed by atoms with E-state index in [9.17, 15) is 4.79 Å². The van der Waals surface area contributed by atoms with Crippen molar-refractivity contribution in [2.45, 2.75) is 20.3 Å². The van der Waals surface area contributed by atoms with Crippen LogP contribution >= 0.6 is 0 Å². The number of hydrogen-bond donors (Lipinski definition) is 2. The number of nitrogens with one attached hydrogen (secondary N) is 1. The van der Waals surface area contributed by atoms with Crippen LogP contribution in [0.1, 0.15) is 30.8 Å². The van der Waals surface area contributed by atoms with Crippen molar-refractivity contribution in [3.05, 3.63) is 36.0 Å². The van der Waals surface area contributed by atoms with Gasteiger partial charge in [0.1, 0.15) is 5.69 Å². The minimum Gasteiger partial charge on any atom is -0.338 e. The minimum absolute atomic E-state index is 0.0587. The molecule has 0 unspecified atom stereocenters. The van der Waals surface area contributed by atoms with Gasteiger partial charge in [0.05, 0.1) is 11.2 Å². The lowest BCUT2D eigenvalue weighted by Crippen LogP contribution is -2.32. The topological polar surface area (TPSA) is 71.2 Å². The van der Waals surface area contributed by atoms with Crippen LogP contribution in [0.4, 0.5) is 5.69 Å². The van der Waals surface area contributed by atoms with Gasteiger partial charge in [-0.1, -0.05) is 25.1 Å². The van der Waals surface area contributed by atoms with Gasteiger partial charge in [0.15, 0.2) is 0 Å². The molecule has 20 heavy (non-hydrogen) atoms. The Kier molecular flexibility index (Phi) is 4.53. The first-order chi connectivity index (χ1) is 9.71. The fourth-order valence-corrected chi connectivity index (χ4v) is 2.24. The van der Waals surface area contributed by atoms with Gasteiger partial charge < -0.3 is 10.3 Å². The van der Waals surface area contributed by atoms with Gasteiger partial charge in [-0.25, -0.2) is 4.98 Å². The molecule has 1 amide bonds. The number of benzene rings is 1. The molecule has 0 atom stereocenters. The van der Waals surface area contributed by atoms with E-state index < -0.39 is 0 Å². The Morgan fingerprint density at radius 2 is 2.10 bits per heavy atom. The summed E-state index contributed by atoms with van der Waals surface area (Å²) in [7, 11) is 0. The van der Waals surface area contributed by atoms with Crippen molar-refractivity contribution in [2.24, 2.45) is 5.84 Å². The lowest BCUT2D eigenvalue weighted by molar-refractivity contribution is 0.0759. The molecule has 1 aromatic carbocycles. The van der Waals surface area contributed by atoms with Crippen molar-refractivity contribution in [2.75, 3.05) is 18.5 Å². The summed E-state index contributed by atoms with van der Waals surface area (Å²) in [4.78, 5) is 18.7. The van der Waals surface area contributed by atoms with Gasteiger partial charge in [-0.05, 0) is 25.5 Å². The van der Waals surface area contributed by atoms with E-state index in [-0.39, 0.29) is 5.91 Å². The summed E-state index contributed by atoms with van der Waals surface area (Å²) in [6.45, 7) is 5.43. The quantitative estimate of drug-likeness (QED) is 0.647. The van der Waals surface area contributed by atoms with Crippen molar-refractivity contribution in [1.82, 2.24) is 9.88 Å². The molecule has 0 spiro atoms. The number of aromatic nitrogens is 1. The third-order valence-electron chi connectivity index (χ3n) is 3.25. The molecule has 1 aromatic heterocycles. The zero-order valence-corrected chi connectivity index (χ0v) is 11.9. The molecule has 0 aliphatic carbocycles. The SMILES string of the molecule is CCCN(CC)C(=O)c1cc(NN)c2ccccc2n1. The van der Waals surface area contributed by atoms with E-state index in [1.54, 1.807) is 11.0 Å². The Morgan fingerprint density at radius 1 is 1.35 bits per heavy atom. The third-order valence-corrected chi connectivity index (χ3v) is 3.25. The molecule has 0 fully saturated rings. The number of carbonyl (C=O) groups is 1. The second-order valence-corrected chi connectivity index (χ2v) is 4.60. The standard InChI is InChI=1S/C15H20N4O/c1-3-9-19(4-2)15(20)14-10-13(18-16)11-7-5-6-8-12(11)17-14/h5-8,10H,3-4,9,16H2,1-2H3,(H,17,18). The normalized spacial score (nSPS) is 10.6. The Morgan fingerprint density at radius 3 is 2.75 bits per heavy atom. The monoisotopic (exact) mass is 272 g/mol. The highest BCUT2D eigenvalue weighted by Crippen LogP contribution is 2.22. The molecular weight excluding hydrogens is 252 g/mol. The number of rotatable bonds is 5. The first kappa shape index (κ1) is 14.3. The van der Waals surface area contributed by atoms with Gasteiger partial charge in [-0.3, -0.25) is 10.6 Å². The highest BCUT2D eigenvalue weighted by Gasteiger charge is 2.16. The molecule has 1 heterocycles. The number of carbonyl (C=O) groups excluding carboxylic acids is 1. The number of amides is 1. The molecule has 5 heteroatoms. The van der Waals surface area contributed by atoms with Gasteiger partial charge in [-0.2, -0.15) is 0 Å². The highest BCUT2D eigenvalue weighted by atomic mass is 16.2. The predicted octanol–water partition coefficient (Wildman–Crippen LogP) is 2.39. The second kappa shape index (κ2) is 6.34. The maximum atomic E-state index is 12.5. The summed E-state index contributed by atoms with van der Waals surface area (Å²) >= 11 is 0. The largest absolute Gasteiger partial charge is 0.338 e. The summed E-state index contributed by atoms with van der Waals surface area (Å²) in [5, 5.41) is 0.907. The molecule has 5 nitrogen and oxygen atoms in total. The maximum absolute atomic E-state index is 12.5. The third kappa shape index (κ3) is 2.72. The van der Waals surface area contributed by atoms with Gasteiger partial charge in [-0.15, -0.1) is 0 Å². The van der Waals surface area contributed by atoms with Crippen molar-refractivity contribution in [3.63, 3.8) is 0 Å². The van der Waals surface area contributed by atoms with Crippen LogP contribution in [-0.4, -0.2) is 28.9 Å². The molecule has 106 valence electrons. The number of nitrogen functional groups attached to an aromatic ring is 1. The van der Waals surface area contributed by atoms with E-state index in [4.69, 9.17) is 5.84 Å². The number of nitrogens with zero attached hydrogens (tertiary/aromatic N) is 2. The van der Waals surface area contributed by atoms with Gasteiger partial charge in [0.25, 0.3) is 5.91 Å². The molecule has 2 rings (SSSR count). The molecular formula is C15H20N4O. The first-order valence-electron chi connectivity index (χ1n) is 6.86. The zero-order valence-electron chi connectivity index (χ0n) is 11.9. The van der Waals surface area contributed by atoms with Gasteiger partial charge >= 0.3 is 0 Å². The summed E-state index contributed by atoms with van der Waals surface area (Å²) in [5.41, 5.74) is 4.54. The smallest absolute Gasteiger partial charge is 0.272 e. The number of hydrogen-bond acceptors (Lipinski definition) is 4. The fraction of sp³-hybridized carbons (Fsp3) is 0.333. The molecule has 0 aliphatic heterocycles. The van der Waals surface area contributed by atoms with E-state index in [0.29, 0.717) is 17.9 Å². The van der Waals surface area contributed by atoms with Crippen LogP contribution < -0.4 is 11.3 Å². The molecule has 0 bridgehead atoms. The predicted molar refractivity (Wildman–Crippen MR) is 81.4 cm³/mol. The second-order valence-electron chi connectivity index (χ2n) is 4.60. The van der Waals surface area contributed by atoms with Crippen LogP contribution in [0.3, 0.4) is 0 Å². The maximum Gasteiger partial charge on any atom is 0.272 e. The molecule has 0 aliphatic rings. The number of anilines is 1. The van der Waals surface area contributed by atoms with Crippen LogP contribution in [0.5, 0.6) is 0 Å². The van der Waals surface area contributed by atoms with Gasteiger partial charge in [0, 0.05) is 18.5 Å². The Labute approximate surface area is 118 Å². The van der Waals surface area contributed by atoms with Crippen molar-refractivity contribution < 1.29 is 4.79 Å². The molecule has 0 saturated carbocycles. The fourth-order valence-electron chi connectivity index (χ4n) is 2.24. The van der Waals surface area contributed by atoms with Gasteiger partial charge in [0.2, 0.25) is 0 Å². The molecule has 3 N–H and O–H groups in total. The first-order valence-corrected chi connectivity index (χ1v) is 6.86. The van der Waals surface area contributed by atoms with Crippen molar-refractivity contribution in [1.29, 1.82) is 0 Å². The van der Waals surface area contributed by atoms with Crippen LogP contribution in [0.15, 0.2) is 30.3 Å². The van der Waals surface area contributed by atoms with E-state index in [0.717, 1.165) is 23.9 Å². The molecule has 0 radical (unpaired) electrons. The summed E-state index contributed by atoms with van der Waals surface area (Å²) in [6.07, 6.45) is 0.926. The van der Waals surface area contributed by atoms with Crippen molar-refractivity contribution in [3.8, 4) is 0 Å².